The van der Waals surface area contributed by atoms with E-state index in [1.165, 1.54) is 0 Å². The van der Waals surface area contributed by atoms with Crippen LogP contribution in [0, 0.1) is 11.3 Å². The van der Waals surface area contributed by atoms with Crippen molar-refractivity contribution in [2.45, 2.75) is 26.7 Å². The van der Waals surface area contributed by atoms with Gasteiger partial charge >= 0.3 is 0 Å². The van der Waals surface area contributed by atoms with Crippen molar-refractivity contribution in [3.05, 3.63) is 23.8 Å². The predicted octanol–water partition coefficient (Wildman–Crippen LogP) is 3.44. The topological polar surface area (TPSA) is 34.1 Å². The third-order valence-electron chi connectivity index (χ3n) is 3.13. The Balaban J connectivity index is 3.21. The molecule has 1 rings (SSSR count). The SMILES string of the molecule is CCC1=CC(C(=O)Cl)C(CC)(C(=O)Cl)C=C1. The predicted molar refractivity (Wildman–Crippen MR) is 65.4 cm³/mol. The van der Waals surface area contributed by atoms with Crippen molar-refractivity contribution >= 4 is 33.7 Å². The van der Waals surface area contributed by atoms with E-state index in [0.29, 0.717) is 6.42 Å². The zero-order valence-corrected chi connectivity index (χ0v) is 10.8. The number of carbonyl (C=O) groups excluding carboxylic acids is 2. The molecule has 1 aliphatic rings. The Labute approximate surface area is 105 Å². The first kappa shape index (κ1) is 13.5. The average Bonchev–Trinajstić information content (AvgIpc) is 2.27. The van der Waals surface area contributed by atoms with Crippen LogP contribution in [0.3, 0.4) is 0 Å². The average molecular weight is 261 g/mol. The highest BCUT2D eigenvalue weighted by molar-refractivity contribution is 6.67. The smallest absolute Gasteiger partial charge is 0.232 e. The second-order valence-electron chi connectivity index (χ2n) is 3.88. The first-order valence-electron chi connectivity index (χ1n) is 5.27. The number of carbonyl (C=O) groups is 2. The monoisotopic (exact) mass is 260 g/mol. The van der Waals surface area contributed by atoms with Gasteiger partial charge in [0.05, 0.1) is 11.3 Å². The Bertz CT molecular complexity index is 371. The number of rotatable bonds is 4. The molecule has 2 unspecified atom stereocenters. The minimum Gasteiger partial charge on any atom is -0.281 e. The van der Waals surface area contributed by atoms with Gasteiger partial charge in [-0.3, -0.25) is 9.59 Å². The normalized spacial score (nSPS) is 28.8. The van der Waals surface area contributed by atoms with Crippen LogP contribution >= 0.6 is 23.2 Å². The maximum atomic E-state index is 11.5. The van der Waals surface area contributed by atoms with E-state index < -0.39 is 21.8 Å². The van der Waals surface area contributed by atoms with Gasteiger partial charge in [0.2, 0.25) is 10.5 Å². The zero-order valence-electron chi connectivity index (χ0n) is 9.30. The fourth-order valence-electron chi connectivity index (χ4n) is 1.95. The molecule has 0 bridgehead atoms. The lowest BCUT2D eigenvalue weighted by Crippen LogP contribution is -2.37. The summed E-state index contributed by atoms with van der Waals surface area (Å²) in [6.07, 6.45) is 6.57. The van der Waals surface area contributed by atoms with Crippen LogP contribution in [0.1, 0.15) is 26.7 Å². The van der Waals surface area contributed by atoms with Gasteiger partial charge in [-0.25, -0.2) is 0 Å². The number of allylic oxidation sites excluding steroid dienone is 4. The number of hydrogen-bond donors (Lipinski definition) is 0. The summed E-state index contributed by atoms with van der Waals surface area (Å²) >= 11 is 11.2. The Kier molecular flexibility index (Phi) is 4.34. The van der Waals surface area contributed by atoms with Gasteiger partial charge in [0.25, 0.3) is 0 Å². The summed E-state index contributed by atoms with van der Waals surface area (Å²) in [5.74, 6) is -0.649. The van der Waals surface area contributed by atoms with Crippen molar-refractivity contribution in [2.24, 2.45) is 11.3 Å². The van der Waals surface area contributed by atoms with Gasteiger partial charge in [-0.1, -0.05) is 37.6 Å². The molecular formula is C12H14Cl2O2. The molecule has 0 saturated heterocycles. The second-order valence-corrected chi connectivity index (χ2v) is 4.59. The van der Waals surface area contributed by atoms with Gasteiger partial charge in [-0.15, -0.1) is 0 Å². The summed E-state index contributed by atoms with van der Waals surface area (Å²) in [5, 5.41) is -1.07. The second kappa shape index (κ2) is 5.15. The molecule has 4 heteroatoms. The number of halogens is 2. The Hall–Kier alpha value is -0.600. The molecule has 0 heterocycles. The molecule has 1 aliphatic carbocycles. The molecule has 0 spiro atoms. The summed E-state index contributed by atoms with van der Waals surface area (Å²) in [6.45, 7) is 3.80. The molecule has 0 amide bonds. The summed E-state index contributed by atoms with van der Waals surface area (Å²) in [5.41, 5.74) is 0.0278. The maximum Gasteiger partial charge on any atom is 0.232 e. The molecule has 0 fully saturated rings. The molecule has 0 aromatic heterocycles. The lowest BCUT2D eigenvalue weighted by atomic mass is 9.71. The van der Waals surface area contributed by atoms with Crippen LogP contribution in [0.2, 0.25) is 0 Å². The largest absolute Gasteiger partial charge is 0.281 e. The van der Waals surface area contributed by atoms with Gasteiger partial charge in [0.15, 0.2) is 0 Å². The van der Waals surface area contributed by atoms with Crippen LogP contribution in [-0.2, 0) is 9.59 Å². The highest BCUT2D eigenvalue weighted by atomic mass is 35.5. The van der Waals surface area contributed by atoms with Crippen molar-refractivity contribution < 1.29 is 9.59 Å². The van der Waals surface area contributed by atoms with E-state index in [1.807, 2.05) is 19.9 Å². The number of hydrogen-bond acceptors (Lipinski definition) is 2. The van der Waals surface area contributed by atoms with Gasteiger partial charge in [-0.2, -0.15) is 0 Å². The van der Waals surface area contributed by atoms with E-state index in [2.05, 4.69) is 0 Å². The highest BCUT2D eigenvalue weighted by Gasteiger charge is 2.44. The van der Waals surface area contributed by atoms with Gasteiger partial charge in [-0.05, 0) is 36.0 Å². The molecule has 0 N–H and O–H groups in total. The van der Waals surface area contributed by atoms with Crippen molar-refractivity contribution in [1.29, 1.82) is 0 Å². The molecule has 88 valence electrons. The standard InChI is InChI=1S/C12H14Cl2O2/c1-3-8-5-6-12(4-2,11(14)16)9(7-8)10(13)15/h5-7,9H,3-4H2,1-2H3. The molecule has 2 nitrogen and oxygen atoms in total. The first-order valence-corrected chi connectivity index (χ1v) is 6.02. The van der Waals surface area contributed by atoms with Crippen LogP contribution in [-0.4, -0.2) is 10.5 Å². The van der Waals surface area contributed by atoms with E-state index in [0.717, 1.165) is 12.0 Å². The Morgan fingerprint density at radius 3 is 2.38 bits per heavy atom. The lowest BCUT2D eigenvalue weighted by Gasteiger charge is -2.33. The first-order chi connectivity index (χ1) is 7.47. The third-order valence-corrected chi connectivity index (χ3v) is 3.72. The molecule has 0 aromatic carbocycles. The summed E-state index contributed by atoms with van der Waals surface area (Å²) in [4.78, 5) is 23.0. The van der Waals surface area contributed by atoms with Gasteiger partial charge < -0.3 is 0 Å². The minimum absolute atomic E-state index is 0.461. The minimum atomic E-state index is -0.973. The zero-order chi connectivity index (χ0) is 12.3. The lowest BCUT2D eigenvalue weighted by molar-refractivity contribution is -0.126. The summed E-state index contributed by atoms with van der Waals surface area (Å²) in [6, 6.07) is 0. The van der Waals surface area contributed by atoms with E-state index in [1.54, 1.807) is 12.2 Å². The highest BCUT2D eigenvalue weighted by Crippen LogP contribution is 2.42. The fourth-order valence-corrected chi connectivity index (χ4v) is 2.52. The van der Waals surface area contributed by atoms with Crippen molar-refractivity contribution in [2.75, 3.05) is 0 Å². The molecule has 16 heavy (non-hydrogen) atoms. The van der Waals surface area contributed by atoms with Crippen LogP contribution < -0.4 is 0 Å². The Morgan fingerprint density at radius 1 is 1.38 bits per heavy atom. The van der Waals surface area contributed by atoms with Gasteiger partial charge in [0.1, 0.15) is 0 Å². The Morgan fingerprint density at radius 2 is 2.00 bits per heavy atom. The molecule has 0 radical (unpaired) electrons. The summed E-state index contributed by atoms with van der Waals surface area (Å²) < 4.78 is 0. The molecule has 0 saturated carbocycles. The van der Waals surface area contributed by atoms with Crippen LogP contribution in [0.5, 0.6) is 0 Å². The van der Waals surface area contributed by atoms with Crippen molar-refractivity contribution in [1.82, 2.24) is 0 Å². The van der Waals surface area contributed by atoms with E-state index in [-0.39, 0.29) is 0 Å². The summed E-state index contributed by atoms with van der Waals surface area (Å²) in [7, 11) is 0. The molecule has 0 aromatic rings. The van der Waals surface area contributed by atoms with Gasteiger partial charge in [0, 0.05) is 0 Å². The van der Waals surface area contributed by atoms with Crippen LogP contribution in [0.15, 0.2) is 23.8 Å². The molecule has 2 atom stereocenters. The molecular weight excluding hydrogens is 247 g/mol. The van der Waals surface area contributed by atoms with E-state index in [4.69, 9.17) is 23.2 Å². The van der Waals surface area contributed by atoms with Crippen molar-refractivity contribution in [3.63, 3.8) is 0 Å². The van der Waals surface area contributed by atoms with Crippen molar-refractivity contribution in [3.8, 4) is 0 Å². The fraction of sp³-hybridized carbons (Fsp3) is 0.500. The third kappa shape index (κ3) is 2.23. The quantitative estimate of drug-likeness (QED) is 0.726. The maximum absolute atomic E-state index is 11.5. The van der Waals surface area contributed by atoms with E-state index >= 15 is 0 Å². The van der Waals surface area contributed by atoms with Crippen LogP contribution in [0.4, 0.5) is 0 Å². The molecule has 0 aliphatic heterocycles. The van der Waals surface area contributed by atoms with Crippen LogP contribution in [0.25, 0.3) is 0 Å². The van der Waals surface area contributed by atoms with E-state index in [9.17, 15) is 9.59 Å².